The third-order valence-electron chi connectivity index (χ3n) is 4.64. The number of aryl methyl sites for hydroxylation is 1. The smallest absolute Gasteiger partial charge is 0.263 e. The Kier molecular flexibility index (Phi) is 5.51. The van der Waals surface area contributed by atoms with Crippen molar-refractivity contribution in [3.63, 3.8) is 0 Å². The molecule has 0 aromatic heterocycles. The minimum atomic E-state index is -3.56. The largest absolute Gasteiger partial charge is 0.496 e. The van der Waals surface area contributed by atoms with Crippen LogP contribution in [0.2, 0.25) is 0 Å². The number of carbonyl (C=O) groups is 1. The van der Waals surface area contributed by atoms with Crippen molar-refractivity contribution in [2.45, 2.75) is 26.0 Å². The normalized spacial score (nSPS) is 17.3. The minimum Gasteiger partial charge on any atom is -0.496 e. The van der Waals surface area contributed by atoms with E-state index in [-0.39, 0.29) is 12.6 Å². The van der Waals surface area contributed by atoms with Crippen LogP contribution in [0, 0.1) is 6.92 Å². The molecule has 0 fully saturated rings. The van der Waals surface area contributed by atoms with E-state index in [1.807, 2.05) is 44.2 Å². The number of methoxy groups -OCH3 is 1. The van der Waals surface area contributed by atoms with Gasteiger partial charge in [-0.15, -0.1) is 0 Å². The fourth-order valence-electron chi connectivity index (χ4n) is 3.22. The molecule has 0 spiro atoms. The lowest BCUT2D eigenvalue weighted by Gasteiger charge is -2.34. The number of para-hydroxylation sites is 1. The molecular weight excluding hydrogens is 380 g/mol. The zero-order chi connectivity index (χ0) is 20.5. The Balaban J connectivity index is 1.84. The molecule has 8 heteroatoms. The van der Waals surface area contributed by atoms with Gasteiger partial charge in [-0.1, -0.05) is 24.3 Å². The summed E-state index contributed by atoms with van der Waals surface area (Å²) in [5.41, 5.74) is 2.18. The SMILES string of the molecule is COc1ccccc1C(C)NC(=O)C1CN(S(C)(=O)=O)c2cc(C)ccc2O1. The number of fused-ring (bicyclic) bond motifs is 1. The van der Waals surface area contributed by atoms with E-state index in [9.17, 15) is 13.2 Å². The highest BCUT2D eigenvalue weighted by Crippen LogP contribution is 2.36. The van der Waals surface area contributed by atoms with Crippen LogP contribution in [0.25, 0.3) is 0 Å². The summed E-state index contributed by atoms with van der Waals surface area (Å²) in [6.07, 6.45) is 0.165. The number of hydrogen-bond acceptors (Lipinski definition) is 5. The van der Waals surface area contributed by atoms with Crippen molar-refractivity contribution >= 4 is 21.6 Å². The Morgan fingerprint density at radius 3 is 2.68 bits per heavy atom. The number of sulfonamides is 1. The first-order chi connectivity index (χ1) is 13.2. The van der Waals surface area contributed by atoms with Gasteiger partial charge >= 0.3 is 0 Å². The lowest BCUT2D eigenvalue weighted by atomic mass is 10.1. The Labute approximate surface area is 165 Å². The summed E-state index contributed by atoms with van der Waals surface area (Å²) in [5, 5.41) is 2.89. The van der Waals surface area contributed by atoms with Crippen LogP contribution in [0.4, 0.5) is 5.69 Å². The number of nitrogens with zero attached hydrogens (tertiary/aromatic N) is 1. The number of amides is 1. The number of nitrogens with one attached hydrogen (secondary N) is 1. The van der Waals surface area contributed by atoms with Crippen LogP contribution in [-0.4, -0.2) is 40.3 Å². The van der Waals surface area contributed by atoms with Crippen molar-refractivity contribution in [1.82, 2.24) is 5.32 Å². The first kappa shape index (κ1) is 20.0. The van der Waals surface area contributed by atoms with Crippen molar-refractivity contribution in [3.05, 3.63) is 53.6 Å². The Hall–Kier alpha value is -2.74. The van der Waals surface area contributed by atoms with Gasteiger partial charge in [0, 0.05) is 5.56 Å². The molecule has 1 aliphatic heterocycles. The molecule has 2 aromatic rings. The number of anilines is 1. The molecule has 1 amide bonds. The van der Waals surface area contributed by atoms with Gasteiger partial charge in [0.2, 0.25) is 10.0 Å². The lowest BCUT2D eigenvalue weighted by molar-refractivity contribution is -0.128. The molecule has 2 unspecified atom stereocenters. The van der Waals surface area contributed by atoms with E-state index in [0.717, 1.165) is 17.4 Å². The molecule has 3 rings (SSSR count). The van der Waals surface area contributed by atoms with Crippen LogP contribution < -0.4 is 19.1 Å². The van der Waals surface area contributed by atoms with E-state index >= 15 is 0 Å². The van der Waals surface area contributed by atoms with E-state index in [0.29, 0.717) is 17.2 Å². The van der Waals surface area contributed by atoms with E-state index in [1.54, 1.807) is 19.2 Å². The molecule has 0 saturated heterocycles. The molecule has 0 radical (unpaired) electrons. The van der Waals surface area contributed by atoms with Gasteiger partial charge in [-0.25, -0.2) is 8.42 Å². The second-order valence-electron chi connectivity index (χ2n) is 6.84. The fourth-order valence-corrected chi connectivity index (χ4v) is 4.13. The highest BCUT2D eigenvalue weighted by Gasteiger charge is 2.35. The molecule has 28 heavy (non-hydrogen) atoms. The maximum atomic E-state index is 12.8. The fraction of sp³-hybridized carbons (Fsp3) is 0.350. The highest BCUT2D eigenvalue weighted by molar-refractivity contribution is 7.92. The van der Waals surface area contributed by atoms with Gasteiger partial charge in [-0.3, -0.25) is 9.10 Å². The van der Waals surface area contributed by atoms with Gasteiger partial charge < -0.3 is 14.8 Å². The molecule has 150 valence electrons. The summed E-state index contributed by atoms with van der Waals surface area (Å²) in [4.78, 5) is 12.8. The summed E-state index contributed by atoms with van der Waals surface area (Å²) in [6.45, 7) is 3.62. The zero-order valence-corrected chi connectivity index (χ0v) is 17.1. The molecule has 0 aliphatic carbocycles. The minimum absolute atomic E-state index is 0.0836. The predicted molar refractivity (Wildman–Crippen MR) is 107 cm³/mol. The summed E-state index contributed by atoms with van der Waals surface area (Å²) in [5.74, 6) is 0.643. The van der Waals surface area contributed by atoms with Gasteiger partial charge in [-0.05, 0) is 37.6 Å². The molecular formula is C20H24N2O5S. The van der Waals surface area contributed by atoms with Crippen LogP contribution in [0.1, 0.15) is 24.1 Å². The molecule has 0 saturated carbocycles. The van der Waals surface area contributed by atoms with E-state index in [1.165, 1.54) is 4.31 Å². The first-order valence-corrected chi connectivity index (χ1v) is 10.7. The van der Waals surface area contributed by atoms with Crippen LogP contribution in [0.3, 0.4) is 0 Å². The van der Waals surface area contributed by atoms with Crippen LogP contribution in [0.15, 0.2) is 42.5 Å². The standard InChI is InChI=1S/C20H24N2O5S/c1-13-9-10-18-16(11-13)22(28(4,24)25)12-19(27-18)20(23)21-14(2)15-7-5-6-8-17(15)26-3/h5-11,14,19H,12H2,1-4H3,(H,21,23). The van der Waals surface area contributed by atoms with Crippen molar-refractivity contribution in [1.29, 1.82) is 0 Å². The van der Waals surface area contributed by atoms with Gasteiger partial charge in [-0.2, -0.15) is 0 Å². The third kappa shape index (κ3) is 4.06. The van der Waals surface area contributed by atoms with Gasteiger partial charge in [0.25, 0.3) is 5.91 Å². The monoisotopic (exact) mass is 404 g/mol. The van der Waals surface area contributed by atoms with Crippen LogP contribution in [0.5, 0.6) is 11.5 Å². The Morgan fingerprint density at radius 1 is 1.29 bits per heavy atom. The number of benzene rings is 2. The average Bonchev–Trinajstić information content (AvgIpc) is 2.66. The predicted octanol–water partition coefficient (Wildman–Crippen LogP) is 2.41. The number of carbonyl (C=O) groups excluding carboxylic acids is 1. The van der Waals surface area contributed by atoms with Crippen LogP contribution in [-0.2, 0) is 14.8 Å². The van der Waals surface area contributed by atoms with Gasteiger partial charge in [0.15, 0.2) is 6.10 Å². The van der Waals surface area contributed by atoms with Crippen molar-refractivity contribution < 1.29 is 22.7 Å². The summed E-state index contributed by atoms with van der Waals surface area (Å²) >= 11 is 0. The molecule has 1 aliphatic rings. The number of ether oxygens (including phenoxy) is 2. The van der Waals surface area contributed by atoms with Gasteiger partial charge in [0.1, 0.15) is 11.5 Å². The molecule has 1 N–H and O–H groups in total. The molecule has 2 atom stereocenters. The second-order valence-corrected chi connectivity index (χ2v) is 8.75. The molecule has 2 aromatic carbocycles. The lowest BCUT2D eigenvalue weighted by Crippen LogP contribution is -2.50. The maximum absolute atomic E-state index is 12.8. The topological polar surface area (TPSA) is 84.9 Å². The van der Waals surface area contributed by atoms with Gasteiger partial charge in [0.05, 0.1) is 31.6 Å². The molecule has 7 nitrogen and oxygen atoms in total. The first-order valence-electron chi connectivity index (χ1n) is 8.89. The van der Waals surface area contributed by atoms with E-state index in [2.05, 4.69) is 5.32 Å². The number of rotatable bonds is 5. The third-order valence-corrected chi connectivity index (χ3v) is 5.79. The highest BCUT2D eigenvalue weighted by atomic mass is 32.2. The Morgan fingerprint density at radius 2 is 2.00 bits per heavy atom. The van der Waals surface area contributed by atoms with Crippen molar-refractivity contribution in [2.75, 3.05) is 24.2 Å². The summed E-state index contributed by atoms with van der Waals surface area (Å²) in [7, 11) is -1.99. The van der Waals surface area contributed by atoms with E-state index in [4.69, 9.17) is 9.47 Å². The maximum Gasteiger partial charge on any atom is 0.263 e. The second kappa shape index (κ2) is 7.71. The molecule has 1 heterocycles. The molecule has 0 bridgehead atoms. The van der Waals surface area contributed by atoms with Crippen molar-refractivity contribution in [3.8, 4) is 11.5 Å². The number of hydrogen-bond donors (Lipinski definition) is 1. The summed E-state index contributed by atoms with van der Waals surface area (Å²) in [6, 6.07) is 12.3. The van der Waals surface area contributed by atoms with Crippen molar-refractivity contribution in [2.24, 2.45) is 0 Å². The van der Waals surface area contributed by atoms with E-state index < -0.39 is 22.0 Å². The zero-order valence-electron chi connectivity index (χ0n) is 16.3. The summed E-state index contributed by atoms with van der Waals surface area (Å²) < 4.78 is 36.9. The average molecular weight is 404 g/mol. The Bertz CT molecular complexity index is 990. The quantitative estimate of drug-likeness (QED) is 0.827. The van der Waals surface area contributed by atoms with Crippen LogP contribution >= 0.6 is 0 Å².